The molecule has 0 bridgehead atoms. The highest BCUT2D eigenvalue weighted by Crippen LogP contribution is 2.19. The lowest BCUT2D eigenvalue weighted by Crippen LogP contribution is -2.23. The largest absolute Gasteiger partial charge is 0.494 e. The molecule has 2 rings (SSSR count). The number of ether oxygens (including phenoxy) is 2. The second-order valence-corrected chi connectivity index (χ2v) is 5.78. The molecule has 1 heterocycles. The van der Waals surface area contributed by atoms with Crippen LogP contribution in [0.3, 0.4) is 0 Å². The monoisotopic (exact) mass is 345 g/mol. The summed E-state index contributed by atoms with van der Waals surface area (Å²) in [6.45, 7) is 5.70. The third-order valence-electron chi connectivity index (χ3n) is 3.72. The van der Waals surface area contributed by atoms with Crippen molar-refractivity contribution in [3.63, 3.8) is 0 Å². The van der Waals surface area contributed by atoms with Gasteiger partial charge in [-0.15, -0.1) is 0 Å². The number of carbonyl (C=O) groups is 1. The van der Waals surface area contributed by atoms with Gasteiger partial charge in [0.2, 0.25) is 0 Å². The van der Waals surface area contributed by atoms with Crippen molar-refractivity contribution < 1.29 is 18.7 Å². The minimum absolute atomic E-state index is 0.177. The molecule has 2 aromatic rings. The van der Waals surface area contributed by atoms with Gasteiger partial charge >= 0.3 is 0 Å². The molecule has 0 saturated heterocycles. The standard InChI is InChI=1S/C20H27NO4/c1-3-5-6-7-14-21-20(22)19-13-12-18(25-19)15-24-17-10-8-16(9-11-17)23-4-2/h8-13H,3-7,14-15H2,1-2H3,(H,21,22). The number of amides is 1. The van der Waals surface area contributed by atoms with E-state index in [1.807, 2.05) is 31.2 Å². The van der Waals surface area contributed by atoms with Gasteiger partial charge in [-0.1, -0.05) is 26.2 Å². The molecule has 0 radical (unpaired) electrons. The van der Waals surface area contributed by atoms with Crippen molar-refractivity contribution in [1.29, 1.82) is 0 Å². The van der Waals surface area contributed by atoms with E-state index < -0.39 is 0 Å². The maximum Gasteiger partial charge on any atom is 0.286 e. The van der Waals surface area contributed by atoms with Crippen LogP contribution in [0.5, 0.6) is 11.5 Å². The maximum atomic E-state index is 12.0. The number of hydrogen-bond donors (Lipinski definition) is 1. The fraction of sp³-hybridized carbons (Fsp3) is 0.450. The Kier molecular flexibility index (Phi) is 7.89. The van der Waals surface area contributed by atoms with Gasteiger partial charge in [-0.05, 0) is 49.7 Å². The zero-order valence-corrected chi connectivity index (χ0v) is 15.0. The normalized spacial score (nSPS) is 10.5. The number of carbonyl (C=O) groups excluding carboxylic acids is 1. The predicted octanol–water partition coefficient (Wildman–Crippen LogP) is 4.57. The average Bonchev–Trinajstić information content (AvgIpc) is 3.10. The molecule has 0 saturated carbocycles. The molecule has 136 valence electrons. The topological polar surface area (TPSA) is 60.7 Å². The van der Waals surface area contributed by atoms with Gasteiger partial charge in [0, 0.05) is 6.54 Å². The van der Waals surface area contributed by atoms with Gasteiger partial charge in [-0.25, -0.2) is 0 Å². The summed E-state index contributed by atoms with van der Waals surface area (Å²) in [6.07, 6.45) is 4.51. The second-order valence-electron chi connectivity index (χ2n) is 5.78. The first-order valence-corrected chi connectivity index (χ1v) is 8.95. The van der Waals surface area contributed by atoms with Crippen molar-refractivity contribution in [2.45, 2.75) is 46.1 Å². The van der Waals surface area contributed by atoms with Crippen LogP contribution >= 0.6 is 0 Å². The Morgan fingerprint density at radius 3 is 2.36 bits per heavy atom. The lowest BCUT2D eigenvalue weighted by Gasteiger charge is -2.06. The van der Waals surface area contributed by atoms with Crippen molar-refractivity contribution in [3.05, 3.63) is 47.9 Å². The molecule has 1 N–H and O–H groups in total. The number of benzene rings is 1. The summed E-state index contributed by atoms with van der Waals surface area (Å²) in [7, 11) is 0. The Morgan fingerprint density at radius 1 is 0.960 bits per heavy atom. The average molecular weight is 345 g/mol. The van der Waals surface area contributed by atoms with Gasteiger partial charge in [0.25, 0.3) is 5.91 Å². The molecule has 0 spiro atoms. The fourth-order valence-electron chi connectivity index (χ4n) is 2.37. The highest BCUT2D eigenvalue weighted by atomic mass is 16.5. The molecule has 25 heavy (non-hydrogen) atoms. The molecule has 1 aromatic heterocycles. The van der Waals surface area contributed by atoms with E-state index >= 15 is 0 Å². The third-order valence-corrected chi connectivity index (χ3v) is 3.72. The molecule has 5 nitrogen and oxygen atoms in total. The zero-order valence-electron chi connectivity index (χ0n) is 15.0. The predicted molar refractivity (Wildman–Crippen MR) is 97.1 cm³/mol. The maximum absolute atomic E-state index is 12.0. The van der Waals surface area contributed by atoms with E-state index in [2.05, 4.69) is 12.2 Å². The van der Waals surface area contributed by atoms with Gasteiger partial charge < -0.3 is 19.2 Å². The van der Waals surface area contributed by atoms with Crippen LogP contribution in [-0.2, 0) is 6.61 Å². The fourth-order valence-corrected chi connectivity index (χ4v) is 2.37. The van der Waals surface area contributed by atoms with Gasteiger partial charge in [0.15, 0.2) is 5.76 Å². The summed E-state index contributed by atoms with van der Waals surface area (Å²) in [5, 5.41) is 2.88. The van der Waals surface area contributed by atoms with E-state index in [1.54, 1.807) is 12.1 Å². The smallest absolute Gasteiger partial charge is 0.286 e. The highest BCUT2D eigenvalue weighted by Gasteiger charge is 2.11. The lowest BCUT2D eigenvalue weighted by atomic mass is 10.2. The molecule has 5 heteroatoms. The van der Waals surface area contributed by atoms with Crippen molar-refractivity contribution in [3.8, 4) is 11.5 Å². The van der Waals surface area contributed by atoms with Crippen LogP contribution in [0.15, 0.2) is 40.8 Å². The van der Waals surface area contributed by atoms with Gasteiger partial charge in [-0.3, -0.25) is 4.79 Å². The molecule has 0 unspecified atom stereocenters. The SMILES string of the molecule is CCCCCCNC(=O)c1ccc(COc2ccc(OCC)cc2)o1. The van der Waals surface area contributed by atoms with Gasteiger partial charge in [-0.2, -0.15) is 0 Å². The highest BCUT2D eigenvalue weighted by molar-refractivity contribution is 5.91. The van der Waals surface area contributed by atoms with Crippen molar-refractivity contribution in [2.75, 3.05) is 13.2 Å². The first-order chi connectivity index (χ1) is 12.2. The van der Waals surface area contributed by atoms with Crippen LogP contribution in [0.4, 0.5) is 0 Å². The molecule has 0 atom stereocenters. The van der Waals surface area contributed by atoms with E-state index in [4.69, 9.17) is 13.9 Å². The summed E-state index contributed by atoms with van der Waals surface area (Å²) in [4.78, 5) is 12.0. The lowest BCUT2D eigenvalue weighted by molar-refractivity contribution is 0.0921. The van der Waals surface area contributed by atoms with Crippen molar-refractivity contribution >= 4 is 5.91 Å². The van der Waals surface area contributed by atoms with Crippen LogP contribution in [0.25, 0.3) is 0 Å². The summed E-state index contributed by atoms with van der Waals surface area (Å²) in [6, 6.07) is 10.9. The Balaban J connectivity index is 1.75. The number of rotatable bonds is 11. The molecule has 1 aromatic carbocycles. The minimum Gasteiger partial charge on any atom is -0.494 e. The quantitative estimate of drug-likeness (QED) is 0.606. The Labute approximate surface area is 149 Å². The van der Waals surface area contributed by atoms with Gasteiger partial charge in [0.1, 0.15) is 23.9 Å². The summed E-state index contributed by atoms with van der Waals surface area (Å²) < 4.78 is 16.6. The second kappa shape index (κ2) is 10.4. The summed E-state index contributed by atoms with van der Waals surface area (Å²) in [5.41, 5.74) is 0. The molecule has 0 fully saturated rings. The van der Waals surface area contributed by atoms with E-state index in [9.17, 15) is 4.79 Å². The molecule has 0 aliphatic rings. The minimum atomic E-state index is -0.177. The number of hydrogen-bond acceptors (Lipinski definition) is 4. The summed E-state index contributed by atoms with van der Waals surface area (Å²) >= 11 is 0. The Bertz CT molecular complexity index is 633. The Morgan fingerprint density at radius 2 is 1.68 bits per heavy atom. The van der Waals surface area contributed by atoms with E-state index in [0.717, 1.165) is 24.3 Å². The molecule has 0 aliphatic heterocycles. The van der Waals surface area contributed by atoms with Crippen LogP contribution in [0.1, 0.15) is 55.8 Å². The summed E-state index contributed by atoms with van der Waals surface area (Å²) in [5.74, 6) is 2.29. The van der Waals surface area contributed by atoms with E-state index in [1.165, 1.54) is 12.8 Å². The van der Waals surface area contributed by atoms with Crippen molar-refractivity contribution in [2.24, 2.45) is 0 Å². The number of furan rings is 1. The Hall–Kier alpha value is -2.43. The van der Waals surface area contributed by atoms with E-state index in [0.29, 0.717) is 24.7 Å². The van der Waals surface area contributed by atoms with Crippen molar-refractivity contribution in [1.82, 2.24) is 5.32 Å². The molecule has 0 aliphatic carbocycles. The van der Waals surface area contributed by atoms with Crippen LogP contribution < -0.4 is 14.8 Å². The number of nitrogens with one attached hydrogen (secondary N) is 1. The van der Waals surface area contributed by atoms with E-state index in [-0.39, 0.29) is 12.5 Å². The van der Waals surface area contributed by atoms with Crippen LogP contribution in [0.2, 0.25) is 0 Å². The first-order valence-electron chi connectivity index (χ1n) is 8.95. The molecule has 1 amide bonds. The first kappa shape index (κ1) is 18.9. The van der Waals surface area contributed by atoms with Gasteiger partial charge in [0.05, 0.1) is 6.61 Å². The molecular formula is C20H27NO4. The number of unbranched alkanes of at least 4 members (excludes halogenated alkanes) is 3. The van der Waals surface area contributed by atoms with Crippen LogP contribution in [-0.4, -0.2) is 19.1 Å². The zero-order chi connectivity index (χ0) is 17.9. The third kappa shape index (κ3) is 6.53. The molecular weight excluding hydrogens is 318 g/mol. The van der Waals surface area contributed by atoms with Crippen LogP contribution in [0, 0.1) is 0 Å².